The minimum atomic E-state index is -0.941. The fourth-order valence-electron chi connectivity index (χ4n) is 3.36. The van der Waals surface area contributed by atoms with E-state index < -0.39 is 41.3 Å². The first kappa shape index (κ1) is 30.5. The van der Waals surface area contributed by atoms with Gasteiger partial charge in [-0.3, -0.25) is 4.79 Å². The Hall–Kier alpha value is -3.74. The van der Waals surface area contributed by atoms with Crippen LogP contribution in [0.25, 0.3) is 0 Å². The number of rotatable bonds is 13. The Kier molecular flexibility index (Phi) is 11.0. The molecule has 2 aromatic rings. The number of alkyl carbamates (subject to hydrolysis) is 1. The highest BCUT2D eigenvalue weighted by Gasteiger charge is 2.25. The second kappa shape index (κ2) is 13.7. The van der Waals surface area contributed by atoms with Crippen molar-refractivity contribution < 1.29 is 32.6 Å². The number of ether oxygens (including phenoxy) is 3. The van der Waals surface area contributed by atoms with E-state index in [9.17, 15) is 18.4 Å². The van der Waals surface area contributed by atoms with E-state index in [0.29, 0.717) is 12.8 Å². The summed E-state index contributed by atoms with van der Waals surface area (Å²) in [5, 5.41) is 8.49. The summed E-state index contributed by atoms with van der Waals surface area (Å²) < 4.78 is 44.8. The molecular formula is C25H36F2N6O5. The van der Waals surface area contributed by atoms with Gasteiger partial charge in [-0.1, -0.05) is 13.3 Å². The first-order valence-corrected chi connectivity index (χ1v) is 12.1. The standard InChI is InChI=1S/C25H36F2N6O5/c1-7-8-19(14(2)30-24(35)38-25(3,4)5)32-22-17(26)12-16(20(28)34)21(33-22)31-15-11-18(27)23(29-13-15)37-10-9-36-6/h11-14,19H,7-10H2,1-6H3,(H2,28,34)(H,30,35)(H2,31,32,33)/t14-,19+/m0/s1. The molecule has 0 spiro atoms. The van der Waals surface area contributed by atoms with E-state index in [2.05, 4.69) is 25.9 Å². The van der Waals surface area contributed by atoms with Crippen LogP contribution in [0.5, 0.6) is 5.88 Å². The Morgan fingerprint density at radius 2 is 1.84 bits per heavy atom. The highest BCUT2D eigenvalue weighted by atomic mass is 19.1. The average Bonchev–Trinajstić information content (AvgIpc) is 2.80. The largest absolute Gasteiger partial charge is 0.473 e. The maximum Gasteiger partial charge on any atom is 0.407 e. The van der Waals surface area contributed by atoms with Crippen LogP contribution in [0.15, 0.2) is 18.3 Å². The number of pyridine rings is 2. The molecule has 2 atom stereocenters. The summed E-state index contributed by atoms with van der Waals surface area (Å²) in [5.41, 5.74) is 4.62. The second-order valence-electron chi connectivity index (χ2n) is 9.53. The number of nitrogens with one attached hydrogen (secondary N) is 3. The molecule has 0 aliphatic rings. The molecule has 210 valence electrons. The molecule has 0 radical (unpaired) electrons. The Morgan fingerprint density at radius 3 is 2.42 bits per heavy atom. The minimum absolute atomic E-state index is 0.105. The van der Waals surface area contributed by atoms with E-state index in [1.54, 1.807) is 27.7 Å². The van der Waals surface area contributed by atoms with Gasteiger partial charge in [0.15, 0.2) is 17.5 Å². The van der Waals surface area contributed by atoms with Crippen LogP contribution in [0.2, 0.25) is 0 Å². The van der Waals surface area contributed by atoms with Crippen molar-refractivity contribution in [2.45, 2.75) is 65.1 Å². The molecule has 2 heterocycles. The lowest BCUT2D eigenvalue weighted by Gasteiger charge is -2.28. The minimum Gasteiger partial charge on any atom is -0.473 e. The molecule has 0 saturated heterocycles. The highest BCUT2D eigenvalue weighted by Crippen LogP contribution is 2.26. The van der Waals surface area contributed by atoms with Gasteiger partial charge < -0.3 is 35.9 Å². The van der Waals surface area contributed by atoms with Crippen LogP contribution in [-0.4, -0.2) is 60.0 Å². The van der Waals surface area contributed by atoms with E-state index in [0.717, 1.165) is 12.1 Å². The number of methoxy groups -OCH3 is 1. The molecule has 2 rings (SSSR count). The molecule has 0 fully saturated rings. The predicted octanol–water partition coefficient (Wildman–Crippen LogP) is 4.12. The lowest BCUT2D eigenvalue weighted by molar-refractivity contribution is 0.0502. The number of nitrogens with zero attached hydrogens (tertiary/aromatic N) is 2. The molecule has 0 aliphatic carbocycles. The molecule has 2 aromatic heterocycles. The molecule has 0 aromatic carbocycles. The predicted molar refractivity (Wildman–Crippen MR) is 139 cm³/mol. The number of carbonyl (C=O) groups is 2. The zero-order valence-electron chi connectivity index (χ0n) is 22.5. The molecule has 13 heteroatoms. The highest BCUT2D eigenvalue weighted by molar-refractivity contribution is 5.98. The maximum atomic E-state index is 15.0. The normalized spacial score (nSPS) is 12.8. The third kappa shape index (κ3) is 9.29. The second-order valence-corrected chi connectivity index (χ2v) is 9.53. The number of primary amides is 1. The summed E-state index contributed by atoms with van der Waals surface area (Å²) in [6.07, 6.45) is 1.92. The topological polar surface area (TPSA) is 150 Å². The van der Waals surface area contributed by atoms with Gasteiger partial charge >= 0.3 is 6.09 Å². The quantitative estimate of drug-likeness (QED) is 0.276. The van der Waals surface area contributed by atoms with Crippen molar-refractivity contribution in [3.8, 4) is 5.88 Å². The van der Waals surface area contributed by atoms with Crippen molar-refractivity contribution in [2.24, 2.45) is 5.73 Å². The van der Waals surface area contributed by atoms with E-state index in [4.69, 9.17) is 19.9 Å². The lowest BCUT2D eigenvalue weighted by Crippen LogP contribution is -2.46. The van der Waals surface area contributed by atoms with E-state index in [1.807, 2.05) is 6.92 Å². The van der Waals surface area contributed by atoms with Crippen molar-refractivity contribution in [2.75, 3.05) is 31.0 Å². The van der Waals surface area contributed by atoms with E-state index >= 15 is 0 Å². The smallest absolute Gasteiger partial charge is 0.407 e. The van der Waals surface area contributed by atoms with Crippen molar-refractivity contribution >= 4 is 29.3 Å². The first-order chi connectivity index (χ1) is 17.8. The lowest BCUT2D eigenvalue weighted by atomic mass is 10.0. The number of aromatic nitrogens is 2. The third-order valence-corrected chi connectivity index (χ3v) is 5.11. The monoisotopic (exact) mass is 538 g/mol. The van der Waals surface area contributed by atoms with Crippen molar-refractivity contribution in [1.82, 2.24) is 15.3 Å². The number of hydrogen-bond acceptors (Lipinski definition) is 9. The molecular weight excluding hydrogens is 502 g/mol. The zero-order valence-corrected chi connectivity index (χ0v) is 22.5. The van der Waals surface area contributed by atoms with E-state index in [1.165, 1.54) is 13.3 Å². The van der Waals surface area contributed by atoms with Gasteiger partial charge in [0.1, 0.15) is 18.0 Å². The fraction of sp³-hybridized carbons (Fsp3) is 0.520. The van der Waals surface area contributed by atoms with Gasteiger partial charge in [0.25, 0.3) is 11.8 Å². The van der Waals surface area contributed by atoms with Gasteiger partial charge in [-0.15, -0.1) is 0 Å². The molecule has 0 saturated carbocycles. The van der Waals surface area contributed by atoms with Crippen molar-refractivity contribution in [1.29, 1.82) is 0 Å². The van der Waals surface area contributed by atoms with Crippen LogP contribution >= 0.6 is 0 Å². The first-order valence-electron chi connectivity index (χ1n) is 12.1. The van der Waals surface area contributed by atoms with Crippen LogP contribution in [0.3, 0.4) is 0 Å². The molecule has 0 bridgehead atoms. The van der Waals surface area contributed by atoms with Crippen LogP contribution < -0.4 is 26.4 Å². The van der Waals surface area contributed by atoms with Gasteiger partial charge in [0, 0.05) is 25.3 Å². The molecule has 2 amide bonds. The van der Waals surface area contributed by atoms with Crippen LogP contribution in [0.1, 0.15) is 57.8 Å². The van der Waals surface area contributed by atoms with Gasteiger partial charge in [-0.25, -0.2) is 23.5 Å². The van der Waals surface area contributed by atoms with Gasteiger partial charge in [-0.2, -0.15) is 0 Å². The Bertz CT molecular complexity index is 1110. The van der Waals surface area contributed by atoms with Crippen molar-refractivity contribution in [3.05, 3.63) is 35.5 Å². The van der Waals surface area contributed by atoms with Crippen molar-refractivity contribution in [3.63, 3.8) is 0 Å². The number of anilines is 3. The number of halogens is 2. The summed E-state index contributed by atoms with van der Waals surface area (Å²) in [7, 11) is 1.48. The van der Waals surface area contributed by atoms with Crippen LogP contribution in [0.4, 0.5) is 30.9 Å². The third-order valence-electron chi connectivity index (χ3n) is 5.11. The molecule has 11 nitrogen and oxygen atoms in total. The number of hydrogen-bond donors (Lipinski definition) is 4. The molecule has 0 aliphatic heterocycles. The van der Waals surface area contributed by atoms with E-state index in [-0.39, 0.29) is 42.0 Å². The summed E-state index contributed by atoms with van der Waals surface area (Å²) in [6.45, 7) is 9.28. The Morgan fingerprint density at radius 1 is 1.13 bits per heavy atom. The molecule has 0 unspecified atom stereocenters. The fourth-order valence-corrected chi connectivity index (χ4v) is 3.36. The maximum absolute atomic E-state index is 15.0. The number of carbonyl (C=O) groups excluding carboxylic acids is 2. The molecule has 5 N–H and O–H groups in total. The molecule has 38 heavy (non-hydrogen) atoms. The number of amides is 2. The van der Waals surface area contributed by atoms with Crippen LogP contribution in [-0.2, 0) is 9.47 Å². The van der Waals surface area contributed by atoms with Gasteiger partial charge in [-0.05, 0) is 40.2 Å². The Balaban J connectivity index is 2.29. The van der Waals surface area contributed by atoms with Crippen LogP contribution in [0, 0.1) is 11.6 Å². The van der Waals surface area contributed by atoms with Gasteiger partial charge in [0.2, 0.25) is 0 Å². The summed E-state index contributed by atoms with van der Waals surface area (Å²) in [5.74, 6) is -3.08. The number of nitrogens with two attached hydrogens (primary N) is 1. The SMILES string of the molecule is CCC[C@@H](Nc1nc(Nc2cnc(OCCOC)c(F)c2)c(C(N)=O)cc1F)[C@H](C)NC(=O)OC(C)(C)C. The summed E-state index contributed by atoms with van der Waals surface area (Å²) in [6, 6.07) is 1.11. The van der Waals surface area contributed by atoms with Gasteiger partial charge in [0.05, 0.1) is 24.1 Å². The average molecular weight is 539 g/mol. The Labute approximate surface area is 220 Å². The summed E-state index contributed by atoms with van der Waals surface area (Å²) >= 11 is 0. The summed E-state index contributed by atoms with van der Waals surface area (Å²) in [4.78, 5) is 32.3. The zero-order chi connectivity index (χ0) is 28.5.